The second kappa shape index (κ2) is 9.88. The van der Waals surface area contributed by atoms with Crippen molar-refractivity contribution in [2.75, 3.05) is 17.7 Å². The summed E-state index contributed by atoms with van der Waals surface area (Å²) in [6.07, 6.45) is 0. The van der Waals surface area contributed by atoms with Crippen molar-refractivity contribution in [1.82, 2.24) is 20.4 Å². The summed E-state index contributed by atoms with van der Waals surface area (Å²) in [5.74, 6) is 2.39. The number of ether oxygens (including phenoxy) is 1. The molecule has 2 heterocycles. The smallest absolute Gasteiger partial charge is 0.210 e. The van der Waals surface area contributed by atoms with Gasteiger partial charge < -0.3 is 15.4 Å². The Labute approximate surface area is 186 Å². The molecule has 0 amide bonds. The lowest BCUT2D eigenvalue weighted by molar-refractivity contribution is 0.415. The van der Waals surface area contributed by atoms with Gasteiger partial charge in [-0.25, -0.2) is 0 Å². The number of anilines is 4. The number of benzene rings is 2. The Balaban J connectivity index is 1.24. The molecule has 0 fully saturated rings. The third kappa shape index (κ3) is 5.68. The van der Waals surface area contributed by atoms with E-state index in [1.54, 1.807) is 41.5 Å². The summed E-state index contributed by atoms with van der Waals surface area (Å²) in [4.78, 5) is 0. The van der Waals surface area contributed by atoms with Crippen molar-refractivity contribution in [2.45, 2.75) is 18.4 Å². The van der Waals surface area contributed by atoms with Crippen LogP contribution in [0.5, 0.6) is 5.75 Å². The van der Waals surface area contributed by atoms with Crippen molar-refractivity contribution in [3.63, 3.8) is 0 Å². The van der Waals surface area contributed by atoms with Crippen LogP contribution in [0.1, 0.15) is 15.6 Å². The maximum absolute atomic E-state index is 5.17. The number of rotatable bonds is 9. The van der Waals surface area contributed by atoms with E-state index in [0.717, 1.165) is 48.9 Å². The lowest BCUT2D eigenvalue weighted by Gasteiger charge is -2.03. The Morgan fingerprint density at radius 3 is 1.77 bits per heavy atom. The molecular formula is C20H20N6OS3. The molecule has 0 aliphatic carbocycles. The van der Waals surface area contributed by atoms with Gasteiger partial charge in [-0.2, -0.15) is 0 Å². The number of methoxy groups -OCH3 is 1. The van der Waals surface area contributed by atoms with Gasteiger partial charge in [0.1, 0.15) is 15.8 Å². The van der Waals surface area contributed by atoms with Crippen molar-refractivity contribution in [1.29, 1.82) is 0 Å². The third-order valence-electron chi connectivity index (χ3n) is 4.03. The van der Waals surface area contributed by atoms with Crippen molar-refractivity contribution >= 4 is 56.1 Å². The number of thioether (sulfide) groups is 1. The number of aromatic nitrogens is 4. The minimum absolute atomic E-state index is 0.774. The molecule has 0 bridgehead atoms. The van der Waals surface area contributed by atoms with Crippen molar-refractivity contribution in [3.05, 3.63) is 64.1 Å². The summed E-state index contributed by atoms with van der Waals surface area (Å²) >= 11 is 4.87. The second-order valence-corrected chi connectivity index (χ2v) is 9.45. The maximum Gasteiger partial charge on any atom is 0.210 e. The summed E-state index contributed by atoms with van der Waals surface area (Å²) in [5.41, 5.74) is 3.20. The van der Waals surface area contributed by atoms with Crippen molar-refractivity contribution in [2.24, 2.45) is 0 Å². The first-order valence-corrected chi connectivity index (χ1v) is 11.9. The molecule has 7 nitrogen and oxygen atoms in total. The fraction of sp³-hybridized carbons (Fsp3) is 0.200. The number of nitrogens with zero attached hydrogens (tertiary/aromatic N) is 4. The van der Waals surface area contributed by atoms with Gasteiger partial charge in [0.05, 0.1) is 7.11 Å². The topological polar surface area (TPSA) is 84.8 Å². The molecule has 4 aromatic rings. The largest absolute Gasteiger partial charge is 0.497 e. The number of nitrogens with one attached hydrogen (secondary N) is 2. The van der Waals surface area contributed by atoms with E-state index in [0.29, 0.717) is 0 Å². The molecule has 4 rings (SSSR count). The number of hydrogen-bond acceptors (Lipinski definition) is 10. The molecule has 0 aliphatic heterocycles. The zero-order valence-corrected chi connectivity index (χ0v) is 18.9. The van der Waals surface area contributed by atoms with Crippen LogP contribution in [-0.2, 0) is 11.5 Å². The van der Waals surface area contributed by atoms with Gasteiger partial charge in [-0.15, -0.1) is 32.2 Å². The summed E-state index contributed by atoms with van der Waals surface area (Å²) in [6, 6.07) is 15.9. The SMILES string of the molecule is COc1ccc(Nc2nnc(CSCc3nnc(Nc4ccc(C)cc4)s3)s2)cc1. The molecule has 2 N–H and O–H groups in total. The molecule has 10 heteroatoms. The molecule has 0 radical (unpaired) electrons. The Kier molecular flexibility index (Phi) is 6.77. The first-order chi connectivity index (χ1) is 14.7. The Morgan fingerprint density at radius 1 is 0.767 bits per heavy atom. The lowest BCUT2D eigenvalue weighted by Crippen LogP contribution is -1.89. The zero-order chi connectivity index (χ0) is 20.8. The predicted octanol–water partition coefficient (Wildman–Crippen LogP) is 5.63. The van der Waals surface area contributed by atoms with Crippen LogP contribution >= 0.6 is 34.4 Å². The third-order valence-corrected chi connectivity index (χ3v) is 7.03. The molecule has 0 saturated heterocycles. The standard InChI is InChI=1S/C20H20N6OS3/c1-13-3-5-14(6-4-13)21-19-25-23-17(29-19)11-28-12-18-24-26-20(30-18)22-15-7-9-16(27-2)10-8-15/h3-10H,11-12H2,1-2H3,(H,21,25)(H,22,26). The molecule has 2 aromatic carbocycles. The van der Waals surface area contributed by atoms with E-state index in [1.165, 1.54) is 5.56 Å². The van der Waals surface area contributed by atoms with E-state index >= 15 is 0 Å². The normalized spacial score (nSPS) is 10.7. The summed E-state index contributed by atoms with van der Waals surface area (Å²) in [7, 11) is 1.65. The maximum atomic E-state index is 5.17. The van der Waals surface area contributed by atoms with Gasteiger partial charge in [0.2, 0.25) is 10.3 Å². The molecule has 0 atom stereocenters. The van der Waals surface area contributed by atoms with E-state index < -0.39 is 0 Å². The average molecular weight is 457 g/mol. The zero-order valence-electron chi connectivity index (χ0n) is 16.5. The monoisotopic (exact) mass is 456 g/mol. The Bertz CT molecular complexity index is 1080. The molecule has 0 unspecified atom stereocenters. The molecular weight excluding hydrogens is 436 g/mol. The molecule has 154 valence electrons. The molecule has 0 spiro atoms. The lowest BCUT2D eigenvalue weighted by atomic mass is 10.2. The van der Waals surface area contributed by atoms with Crippen LogP contribution in [0.2, 0.25) is 0 Å². The van der Waals surface area contributed by atoms with Crippen LogP contribution in [0, 0.1) is 6.92 Å². The second-order valence-electron chi connectivity index (χ2n) is 6.34. The molecule has 0 saturated carbocycles. The fourth-order valence-corrected chi connectivity index (χ4v) is 5.16. The quantitative estimate of drug-likeness (QED) is 0.335. The number of aryl methyl sites for hydroxylation is 1. The minimum atomic E-state index is 0.774. The molecule has 30 heavy (non-hydrogen) atoms. The molecule has 0 aliphatic rings. The van der Waals surface area contributed by atoms with Crippen LogP contribution < -0.4 is 15.4 Å². The van der Waals surface area contributed by atoms with Gasteiger partial charge in [-0.05, 0) is 43.3 Å². The van der Waals surface area contributed by atoms with E-state index in [1.807, 2.05) is 36.4 Å². The highest BCUT2D eigenvalue weighted by molar-refractivity contribution is 7.97. The first kappa shape index (κ1) is 20.6. The highest BCUT2D eigenvalue weighted by atomic mass is 32.2. The summed E-state index contributed by atoms with van der Waals surface area (Å²) in [6.45, 7) is 2.07. The van der Waals surface area contributed by atoms with Crippen LogP contribution in [0.4, 0.5) is 21.6 Å². The van der Waals surface area contributed by atoms with Gasteiger partial charge in [0.25, 0.3) is 0 Å². The van der Waals surface area contributed by atoms with Gasteiger partial charge in [0.15, 0.2) is 0 Å². The average Bonchev–Trinajstić information content (AvgIpc) is 3.40. The minimum Gasteiger partial charge on any atom is -0.497 e. The van der Waals surface area contributed by atoms with E-state index in [-0.39, 0.29) is 0 Å². The van der Waals surface area contributed by atoms with Gasteiger partial charge in [-0.3, -0.25) is 0 Å². The summed E-state index contributed by atoms with van der Waals surface area (Å²) < 4.78 is 5.17. The highest BCUT2D eigenvalue weighted by Gasteiger charge is 2.08. The fourth-order valence-electron chi connectivity index (χ4n) is 2.51. The Hall–Kier alpha value is -2.69. The van der Waals surface area contributed by atoms with E-state index in [2.05, 4.69) is 50.1 Å². The van der Waals surface area contributed by atoms with E-state index in [4.69, 9.17) is 4.74 Å². The van der Waals surface area contributed by atoms with Crippen molar-refractivity contribution < 1.29 is 4.74 Å². The highest BCUT2D eigenvalue weighted by Crippen LogP contribution is 2.28. The van der Waals surface area contributed by atoms with Gasteiger partial charge in [0, 0.05) is 22.9 Å². The van der Waals surface area contributed by atoms with Crippen LogP contribution in [0.25, 0.3) is 0 Å². The number of hydrogen-bond donors (Lipinski definition) is 2. The van der Waals surface area contributed by atoms with Crippen LogP contribution in [0.15, 0.2) is 48.5 Å². The van der Waals surface area contributed by atoms with Gasteiger partial charge >= 0.3 is 0 Å². The van der Waals surface area contributed by atoms with Crippen LogP contribution in [0.3, 0.4) is 0 Å². The first-order valence-electron chi connectivity index (χ1n) is 9.15. The van der Waals surface area contributed by atoms with Crippen molar-refractivity contribution in [3.8, 4) is 5.75 Å². The Morgan fingerprint density at radius 2 is 1.27 bits per heavy atom. The molecule has 2 aromatic heterocycles. The van der Waals surface area contributed by atoms with Crippen LogP contribution in [-0.4, -0.2) is 27.5 Å². The summed E-state index contributed by atoms with van der Waals surface area (Å²) in [5, 5.41) is 27.1. The predicted molar refractivity (Wildman–Crippen MR) is 126 cm³/mol. The van der Waals surface area contributed by atoms with Gasteiger partial charge in [-0.1, -0.05) is 40.4 Å². The van der Waals surface area contributed by atoms with E-state index in [9.17, 15) is 0 Å².